The van der Waals surface area contributed by atoms with E-state index < -0.39 is 34.3 Å². The quantitative estimate of drug-likeness (QED) is 0.184. The Morgan fingerprint density at radius 2 is 1.53 bits per heavy atom. The molecular formula is C46H72ClN3O7. The van der Waals surface area contributed by atoms with E-state index >= 15 is 0 Å². The first-order chi connectivity index (χ1) is 25.9. The van der Waals surface area contributed by atoms with Crippen LogP contribution in [-0.4, -0.2) is 64.4 Å². The van der Waals surface area contributed by atoms with Gasteiger partial charge in [0.15, 0.2) is 5.78 Å². The monoisotopic (exact) mass is 814 g/mol. The molecule has 0 aromatic rings. The van der Waals surface area contributed by atoms with Crippen molar-refractivity contribution in [1.29, 1.82) is 0 Å². The fourth-order valence-corrected chi connectivity index (χ4v) is 14.6. The van der Waals surface area contributed by atoms with Crippen molar-refractivity contribution in [3.05, 3.63) is 11.1 Å². The van der Waals surface area contributed by atoms with Gasteiger partial charge in [0.05, 0.1) is 23.4 Å². The van der Waals surface area contributed by atoms with Gasteiger partial charge in [0.25, 0.3) is 0 Å². The van der Waals surface area contributed by atoms with Gasteiger partial charge >= 0.3 is 11.9 Å². The van der Waals surface area contributed by atoms with Crippen LogP contribution in [0.4, 0.5) is 0 Å². The highest BCUT2D eigenvalue weighted by Crippen LogP contribution is 2.76. The van der Waals surface area contributed by atoms with E-state index in [2.05, 4.69) is 64.4 Å². The van der Waals surface area contributed by atoms with Crippen molar-refractivity contribution in [2.24, 2.45) is 62.6 Å². The molecule has 0 spiro atoms. The summed E-state index contributed by atoms with van der Waals surface area (Å²) < 4.78 is 6.41. The minimum Gasteiger partial charge on any atom is -0.481 e. The second kappa shape index (κ2) is 14.3. The number of hydrogen-bond acceptors (Lipinski definition) is 7. The Kier molecular flexibility index (Phi) is 11.1. The molecule has 5 saturated carbocycles. The van der Waals surface area contributed by atoms with Crippen molar-refractivity contribution in [1.82, 2.24) is 16.0 Å². The van der Waals surface area contributed by atoms with Crippen LogP contribution in [0, 0.1) is 62.6 Å². The number of allylic oxidation sites excluding steroid dienone is 1. The maximum Gasteiger partial charge on any atom is 0.309 e. The molecule has 11 atom stereocenters. The summed E-state index contributed by atoms with van der Waals surface area (Å²) >= 11 is 0. The molecule has 1 saturated heterocycles. The molecule has 57 heavy (non-hydrogen) atoms. The standard InChI is InChI=1S/C46H71N3O7.ClH/c1-25(2)34-30(50)24-46(49-39(55)42(7,8)48-36(51)29-13-12-22-47-29)21-20-44(10)26(35(34)46)14-15-32-43(9)18-17-33(41(5,6)31(43)16-19-45(32,44)11)56-38(54)28-23-27(37(52)53)40(28,3)4;/h25-29,31-33,47H,12-24H2,1-11H3,(H,48,51)(H,49,55)(H,52,53);1H/t26-,27+,28-,29+,31+,32-,33+,43+,44-,45-,46-;/m1./s1. The van der Waals surface area contributed by atoms with Crippen LogP contribution in [-0.2, 0) is 28.7 Å². The highest BCUT2D eigenvalue weighted by molar-refractivity contribution is 6.03. The summed E-state index contributed by atoms with van der Waals surface area (Å²) in [5.74, 6) is -1.23. The topological polar surface area (TPSA) is 151 Å². The molecule has 0 radical (unpaired) electrons. The van der Waals surface area contributed by atoms with Gasteiger partial charge in [0.2, 0.25) is 11.8 Å². The SMILES string of the molecule is CC(C)C1=C2[C@H]3CC[C@@H]4[C@@]5(C)CC[C@H](OC(=O)[C@H]6C[C@@H](C(=O)O)C6(C)C)C(C)(C)[C@@H]5CC[C@@]4(C)[C@]3(C)CC[C@@]2(NC(=O)C(C)(C)NC(=O)[C@@H]2CCCN2)CC1=O.Cl. The van der Waals surface area contributed by atoms with Crippen molar-refractivity contribution in [2.75, 3.05) is 6.54 Å². The van der Waals surface area contributed by atoms with Crippen molar-refractivity contribution in [3.63, 3.8) is 0 Å². The molecule has 0 aromatic carbocycles. The molecule has 1 aliphatic heterocycles. The third-order valence-corrected chi connectivity index (χ3v) is 18.2. The fraction of sp³-hybridized carbons (Fsp3) is 0.848. The van der Waals surface area contributed by atoms with E-state index in [1.54, 1.807) is 13.8 Å². The van der Waals surface area contributed by atoms with Gasteiger partial charge in [-0.15, -0.1) is 12.4 Å². The lowest BCUT2D eigenvalue weighted by molar-refractivity contribution is -0.235. The van der Waals surface area contributed by atoms with E-state index in [4.69, 9.17) is 4.74 Å². The lowest BCUT2D eigenvalue weighted by atomic mass is 9.33. The number of carbonyl (C=O) groups is 5. The zero-order valence-electron chi connectivity index (χ0n) is 36.6. The van der Waals surface area contributed by atoms with Crippen LogP contribution >= 0.6 is 12.4 Å². The molecule has 2 amide bonds. The molecule has 11 heteroatoms. The Morgan fingerprint density at radius 3 is 2.12 bits per heavy atom. The number of ketones is 1. The highest BCUT2D eigenvalue weighted by Gasteiger charge is 2.71. The van der Waals surface area contributed by atoms with Crippen LogP contribution in [0.5, 0.6) is 0 Å². The molecule has 320 valence electrons. The molecule has 0 bridgehead atoms. The van der Waals surface area contributed by atoms with E-state index in [9.17, 15) is 29.1 Å². The van der Waals surface area contributed by atoms with Crippen LogP contribution < -0.4 is 16.0 Å². The number of fused-ring (bicyclic) bond motifs is 7. The molecule has 1 heterocycles. The summed E-state index contributed by atoms with van der Waals surface area (Å²) in [6.45, 7) is 24.5. The summed E-state index contributed by atoms with van der Waals surface area (Å²) in [6, 6.07) is -0.288. The minimum absolute atomic E-state index is 0. The molecule has 0 aromatic heterocycles. The van der Waals surface area contributed by atoms with E-state index in [0.29, 0.717) is 24.7 Å². The van der Waals surface area contributed by atoms with E-state index in [1.165, 1.54) is 5.57 Å². The number of carboxylic acids is 1. The van der Waals surface area contributed by atoms with Crippen molar-refractivity contribution in [2.45, 2.75) is 176 Å². The zero-order valence-corrected chi connectivity index (χ0v) is 37.4. The average molecular weight is 815 g/mol. The first-order valence-electron chi connectivity index (χ1n) is 22.0. The Hall–Kier alpha value is -2.46. The number of carboxylic acid groups (broad SMARTS) is 1. The first kappa shape index (κ1) is 44.1. The third kappa shape index (κ3) is 6.45. The van der Waals surface area contributed by atoms with Crippen LogP contribution in [0.1, 0.15) is 153 Å². The van der Waals surface area contributed by atoms with Gasteiger partial charge in [-0.25, -0.2) is 0 Å². The van der Waals surface area contributed by atoms with Gasteiger partial charge in [-0.2, -0.15) is 0 Å². The number of halogens is 1. The second-order valence-corrected chi connectivity index (χ2v) is 22.3. The number of ether oxygens (including phenoxy) is 1. The van der Waals surface area contributed by atoms with Gasteiger partial charge in [-0.05, 0) is 147 Å². The van der Waals surface area contributed by atoms with Gasteiger partial charge in [-0.1, -0.05) is 62.3 Å². The largest absolute Gasteiger partial charge is 0.481 e. The lowest BCUT2D eigenvalue weighted by Gasteiger charge is -2.72. The van der Waals surface area contributed by atoms with E-state index in [0.717, 1.165) is 69.9 Å². The van der Waals surface area contributed by atoms with Crippen molar-refractivity contribution >= 4 is 41.9 Å². The van der Waals surface area contributed by atoms with Gasteiger partial charge < -0.3 is 25.8 Å². The number of carbonyl (C=O) groups excluding carboxylic acids is 4. The minimum atomic E-state index is -1.14. The van der Waals surface area contributed by atoms with Crippen LogP contribution in [0.3, 0.4) is 0 Å². The molecule has 0 unspecified atom stereocenters. The Balaban J connectivity index is 0.00000549. The number of rotatable bonds is 8. The summed E-state index contributed by atoms with van der Waals surface area (Å²) in [4.78, 5) is 67.0. The smallest absolute Gasteiger partial charge is 0.309 e. The van der Waals surface area contributed by atoms with Crippen LogP contribution in [0.25, 0.3) is 0 Å². The molecular weight excluding hydrogens is 742 g/mol. The Labute approximate surface area is 347 Å². The number of amides is 2. The highest BCUT2D eigenvalue weighted by atomic mass is 35.5. The lowest BCUT2D eigenvalue weighted by Crippen LogP contribution is -2.68. The van der Waals surface area contributed by atoms with Crippen LogP contribution in [0.15, 0.2) is 11.1 Å². The summed E-state index contributed by atoms with van der Waals surface area (Å²) in [5.41, 5.74) is -0.714. The first-order valence-corrected chi connectivity index (χ1v) is 22.0. The van der Waals surface area contributed by atoms with Crippen LogP contribution in [0.2, 0.25) is 0 Å². The average Bonchev–Trinajstić information content (AvgIpc) is 3.72. The van der Waals surface area contributed by atoms with Gasteiger partial charge in [-0.3, -0.25) is 24.0 Å². The molecule has 7 aliphatic rings. The fourth-order valence-electron chi connectivity index (χ4n) is 14.6. The number of aliphatic carboxylic acids is 1. The number of Topliss-reactive ketones (excluding diaryl/α,β-unsaturated/α-hetero) is 1. The predicted octanol–water partition coefficient (Wildman–Crippen LogP) is 7.56. The predicted molar refractivity (Wildman–Crippen MR) is 221 cm³/mol. The summed E-state index contributed by atoms with van der Waals surface area (Å²) in [5, 5.41) is 19.4. The van der Waals surface area contributed by atoms with Gasteiger partial charge in [0.1, 0.15) is 11.6 Å². The second-order valence-electron chi connectivity index (χ2n) is 22.3. The zero-order chi connectivity index (χ0) is 41.2. The van der Waals surface area contributed by atoms with E-state index in [-0.39, 0.29) is 88.0 Å². The molecule has 6 aliphatic carbocycles. The van der Waals surface area contributed by atoms with Gasteiger partial charge in [0, 0.05) is 11.8 Å². The van der Waals surface area contributed by atoms with E-state index in [1.807, 2.05) is 13.8 Å². The molecule has 10 nitrogen and oxygen atoms in total. The Morgan fingerprint density at radius 1 is 0.842 bits per heavy atom. The summed E-state index contributed by atoms with van der Waals surface area (Å²) in [6.07, 6.45) is 9.57. The maximum atomic E-state index is 14.3. The Bertz CT molecular complexity index is 1730. The molecule has 6 fully saturated rings. The number of hydrogen-bond donors (Lipinski definition) is 4. The van der Waals surface area contributed by atoms with Crippen molar-refractivity contribution in [3.8, 4) is 0 Å². The van der Waals surface area contributed by atoms with Crippen molar-refractivity contribution < 1.29 is 33.8 Å². The normalized spacial score (nSPS) is 41.7. The molecule has 7 rings (SSSR count). The summed E-state index contributed by atoms with van der Waals surface area (Å²) in [7, 11) is 0. The maximum absolute atomic E-state index is 14.3. The molecule has 4 N–H and O–H groups in total. The third-order valence-electron chi connectivity index (χ3n) is 18.2. The number of nitrogens with one attached hydrogen (secondary N) is 3. The number of esters is 1.